The van der Waals surface area contributed by atoms with Crippen LogP contribution < -0.4 is 10.1 Å². The standard InChI is InChI=1S/C27H26FN7O/c1-17(14-35-9-4-10-35)36-24-12-18(19-13-32-34(2)15-19)11-23-25(24)27(31-16-30-23)33-22-7-6-21-20(26(22)28)5-3-8-29-21/h3,5-8,11-13,15-17H,4,9-10,14H2,1-2H3,(H,30,31,33)/t17-/m1/s1. The normalized spacial score (nSPS) is 14.6. The summed E-state index contributed by atoms with van der Waals surface area (Å²) in [7, 11) is 1.88. The molecule has 4 heterocycles. The van der Waals surface area contributed by atoms with Crippen LogP contribution in [-0.4, -0.2) is 55.4 Å². The number of aromatic nitrogens is 5. The number of anilines is 2. The van der Waals surface area contributed by atoms with Gasteiger partial charge in [0, 0.05) is 36.9 Å². The highest BCUT2D eigenvalue weighted by atomic mass is 19.1. The first-order valence-corrected chi connectivity index (χ1v) is 12.0. The minimum absolute atomic E-state index is 0.0471. The van der Waals surface area contributed by atoms with E-state index in [0.29, 0.717) is 39.1 Å². The van der Waals surface area contributed by atoms with Crippen molar-refractivity contribution < 1.29 is 9.13 Å². The third-order valence-corrected chi connectivity index (χ3v) is 6.50. The van der Waals surface area contributed by atoms with Crippen LogP contribution in [0, 0.1) is 5.82 Å². The highest BCUT2D eigenvalue weighted by Gasteiger charge is 2.21. The number of hydrogen-bond donors (Lipinski definition) is 1. The van der Waals surface area contributed by atoms with Crippen LogP contribution in [0.1, 0.15) is 13.3 Å². The van der Waals surface area contributed by atoms with Gasteiger partial charge in [-0.25, -0.2) is 14.4 Å². The molecule has 0 unspecified atom stereocenters. The molecule has 0 saturated carbocycles. The van der Waals surface area contributed by atoms with E-state index in [4.69, 9.17) is 4.74 Å². The zero-order valence-corrected chi connectivity index (χ0v) is 20.1. The van der Waals surface area contributed by atoms with Crippen LogP contribution in [0.25, 0.3) is 32.9 Å². The number of aryl methyl sites for hydroxylation is 1. The maximum Gasteiger partial charge on any atom is 0.156 e. The lowest BCUT2D eigenvalue weighted by Crippen LogP contribution is -2.42. The van der Waals surface area contributed by atoms with Crippen molar-refractivity contribution in [1.29, 1.82) is 0 Å². The molecule has 1 aliphatic heterocycles. The molecule has 9 heteroatoms. The molecule has 1 saturated heterocycles. The number of halogens is 1. The Hall–Kier alpha value is -4.11. The molecule has 6 rings (SSSR count). The lowest BCUT2D eigenvalue weighted by molar-refractivity contribution is 0.104. The predicted molar refractivity (Wildman–Crippen MR) is 138 cm³/mol. The van der Waals surface area contributed by atoms with Crippen LogP contribution in [0.4, 0.5) is 15.9 Å². The van der Waals surface area contributed by atoms with Crippen molar-refractivity contribution in [2.45, 2.75) is 19.4 Å². The summed E-state index contributed by atoms with van der Waals surface area (Å²) in [6.07, 6.45) is 8.07. The smallest absolute Gasteiger partial charge is 0.156 e. The predicted octanol–water partition coefficient (Wildman–Crippen LogP) is 4.93. The van der Waals surface area contributed by atoms with E-state index in [1.807, 2.05) is 31.6 Å². The van der Waals surface area contributed by atoms with Gasteiger partial charge in [-0.05, 0) is 68.4 Å². The number of fused-ring (bicyclic) bond motifs is 2. The summed E-state index contributed by atoms with van der Waals surface area (Å²) in [4.78, 5) is 15.6. The van der Waals surface area contributed by atoms with Gasteiger partial charge in [0.2, 0.25) is 0 Å². The first-order valence-electron chi connectivity index (χ1n) is 12.0. The van der Waals surface area contributed by atoms with E-state index in [2.05, 4.69) is 37.2 Å². The van der Waals surface area contributed by atoms with E-state index in [1.165, 1.54) is 12.7 Å². The summed E-state index contributed by atoms with van der Waals surface area (Å²) in [5.74, 6) is 0.740. The molecule has 0 amide bonds. The van der Waals surface area contributed by atoms with Gasteiger partial charge in [0.15, 0.2) is 5.82 Å². The Balaban J connectivity index is 1.44. The molecular formula is C27H26FN7O. The van der Waals surface area contributed by atoms with Crippen LogP contribution >= 0.6 is 0 Å². The largest absolute Gasteiger partial charge is 0.489 e. The summed E-state index contributed by atoms with van der Waals surface area (Å²) in [5, 5.41) is 8.64. The lowest BCUT2D eigenvalue weighted by atomic mass is 10.1. The number of benzene rings is 2. The number of rotatable bonds is 7. The monoisotopic (exact) mass is 483 g/mol. The molecule has 0 radical (unpaired) electrons. The van der Waals surface area contributed by atoms with E-state index in [9.17, 15) is 0 Å². The summed E-state index contributed by atoms with van der Waals surface area (Å²) in [6, 6.07) is 10.9. The van der Waals surface area contributed by atoms with E-state index >= 15 is 4.39 Å². The van der Waals surface area contributed by atoms with E-state index in [1.54, 1.807) is 35.1 Å². The van der Waals surface area contributed by atoms with E-state index < -0.39 is 0 Å². The molecule has 0 bridgehead atoms. The molecule has 5 aromatic rings. The van der Waals surface area contributed by atoms with Gasteiger partial charge in [-0.2, -0.15) is 5.10 Å². The molecule has 8 nitrogen and oxygen atoms in total. The fourth-order valence-corrected chi connectivity index (χ4v) is 4.60. The van der Waals surface area contributed by atoms with Gasteiger partial charge in [-0.15, -0.1) is 0 Å². The highest BCUT2D eigenvalue weighted by Crippen LogP contribution is 2.37. The van der Waals surface area contributed by atoms with Crippen molar-refractivity contribution in [2.24, 2.45) is 7.05 Å². The van der Waals surface area contributed by atoms with Crippen LogP contribution in [-0.2, 0) is 7.05 Å². The number of nitrogens with zero attached hydrogens (tertiary/aromatic N) is 6. The number of nitrogens with one attached hydrogen (secondary N) is 1. The number of pyridine rings is 1. The van der Waals surface area contributed by atoms with Crippen LogP contribution in [0.2, 0.25) is 0 Å². The maximum absolute atomic E-state index is 15.4. The molecule has 0 spiro atoms. The van der Waals surface area contributed by atoms with Crippen molar-refractivity contribution in [2.75, 3.05) is 25.0 Å². The van der Waals surface area contributed by atoms with E-state index in [0.717, 1.165) is 30.8 Å². The fourth-order valence-electron chi connectivity index (χ4n) is 4.60. The van der Waals surface area contributed by atoms with Crippen molar-refractivity contribution in [1.82, 2.24) is 29.6 Å². The minimum Gasteiger partial charge on any atom is -0.489 e. The highest BCUT2D eigenvalue weighted by molar-refractivity contribution is 5.99. The Bertz CT molecular complexity index is 1560. The second-order valence-corrected chi connectivity index (χ2v) is 9.20. The first-order chi connectivity index (χ1) is 17.5. The molecule has 1 atom stereocenters. The van der Waals surface area contributed by atoms with Gasteiger partial charge in [-0.1, -0.05) is 0 Å². The molecule has 3 aromatic heterocycles. The number of likely N-dealkylation sites (tertiary alicyclic amines) is 1. The van der Waals surface area contributed by atoms with Gasteiger partial charge in [0.1, 0.15) is 24.0 Å². The molecule has 1 aliphatic rings. The number of ether oxygens (including phenoxy) is 1. The summed E-state index contributed by atoms with van der Waals surface area (Å²) in [6.45, 7) is 5.08. The Labute approximate surface area is 207 Å². The van der Waals surface area contributed by atoms with Crippen LogP contribution in [0.15, 0.2) is 61.3 Å². The zero-order valence-electron chi connectivity index (χ0n) is 20.1. The van der Waals surface area contributed by atoms with Gasteiger partial charge in [0.05, 0.1) is 28.3 Å². The average Bonchev–Trinajstić information content (AvgIpc) is 3.29. The second kappa shape index (κ2) is 9.16. The molecule has 182 valence electrons. The first kappa shape index (κ1) is 22.4. The molecule has 2 aromatic carbocycles. The number of hydrogen-bond acceptors (Lipinski definition) is 7. The lowest BCUT2D eigenvalue weighted by Gasteiger charge is -2.33. The van der Waals surface area contributed by atoms with Crippen LogP contribution in [0.5, 0.6) is 5.75 Å². The minimum atomic E-state index is -0.382. The van der Waals surface area contributed by atoms with Gasteiger partial charge >= 0.3 is 0 Å². The molecule has 1 fully saturated rings. The Morgan fingerprint density at radius 2 is 1.97 bits per heavy atom. The second-order valence-electron chi connectivity index (χ2n) is 9.20. The molecule has 0 aliphatic carbocycles. The zero-order chi connectivity index (χ0) is 24.6. The molecule has 36 heavy (non-hydrogen) atoms. The van der Waals surface area contributed by atoms with Gasteiger partial charge < -0.3 is 10.1 Å². The van der Waals surface area contributed by atoms with E-state index in [-0.39, 0.29) is 11.9 Å². The average molecular weight is 484 g/mol. The van der Waals surface area contributed by atoms with Crippen molar-refractivity contribution >= 4 is 33.3 Å². The topological polar surface area (TPSA) is 81.0 Å². The molecule has 1 N–H and O–H groups in total. The molecular weight excluding hydrogens is 457 g/mol. The SMILES string of the molecule is C[C@H](CN1CCC1)Oc1cc(-c2cnn(C)c2)cc2ncnc(Nc3ccc4ncccc4c3F)c12. The van der Waals surface area contributed by atoms with Crippen molar-refractivity contribution in [3.8, 4) is 16.9 Å². The third-order valence-electron chi connectivity index (χ3n) is 6.50. The van der Waals surface area contributed by atoms with Crippen LogP contribution in [0.3, 0.4) is 0 Å². The van der Waals surface area contributed by atoms with Crippen molar-refractivity contribution in [3.05, 3.63) is 67.1 Å². The maximum atomic E-state index is 15.4. The summed E-state index contributed by atoms with van der Waals surface area (Å²) in [5.41, 5.74) is 3.50. The Morgan fingerprint density at radius 1 is 1.08 bits per heavy atom. The van der Waals surface area contributed by atoms with Crippen molar-refractivity contribution in [3.63, 3.8) is 0 Å². The summed E-state index contributed by atoms with van der Waals surface area (Å²) >= 11 is 0. The quantitative estimate of drug-likeness (QED) is 0.351. The van der Waals surface area contributed by atoms with Gasteiger partial charge in [0.25, 0.3) is 0 Å². The van der Waals surface area contributed by atoms with Gasteiger partial charge in [-0.3, -0.25) is 14.6 Å². The Kier molecular flexibility index (Phi) is 5.69. The summed E-state index contributed by atoms with van der Waals surface area (Å²) < 4.78 is 23.6. The Morgan fingerprint density at radius 3 is 2.75 bits per heavy atom. The fraction of sp³-hybridized carbons (Fsp3) is 0.259. The third kappa shape index (κ3) is 4.22.